The molecule has 0 amide bonds. The van der Waals surface area contributed by atoms with Crippen LogP contribution in [-0.4, -0.2) is 40.6 Å². The molecule has 3 rings (SSSR count). The van der Waals surface area contributed by atoms with Gasteiger partial charge in [0.05, 0.1) is 12.6 Å². The van der Waals surface area contributed by atoms with Crippen molar-refractivity contribution in [2.24, 2.45) is 0 Å². The van der Waals surface area contributed by atoms with Crippen LogP contribution in [0.2, 0.25) is 0 Å². The number of nitrogens with zero attached hydrogens (tertiary/aromatic N) is 1. The van der Waals surface area contributed by atoms with Gasteiger partial charge in [-0.15, -0.1) is 0 Å². The molecule has 0 saturated carbocycles. The number of hydrogen-bond acceptors (Lipinski definition) is 2. The van der Waals surface area contributed by atoms with Crippen molar-refractivity contribution < 1.29 is 22.7 Å². The molecular formula is C24H28F4N2O. The molecule has 1 unspecified atom stereocenters. The molecular weight excluding hydrogens is 408 g/mol. The number of alkyl halides is 2. The van der Waals surface area contributed by atoms with Gasteiger partial charge in [0.1, 0.15) is 18.2 Å². The summed E-state index contributed by atoms with van der Waals surface area (Å²) in [7, 11) is 0. The largest absolute Gasteiger partial charge is 0.390 e. The molecule has 7 heteroatoms. The first kappa shape index (κ1) is 23.3. The molecule has 0 bridgehead atoms. The first-order valence-electron chi connectivity index (χ1n) is 10.3. The summed E-state index contributed by atoms with van der Waals surface area (Å²) < 4.78 is 58.7. The van der Waals surface area contributed by atoms with Crippen molar-refractivity contribution in [3.63, 3.8) is 0 Å². The minimum atomic E-state index is -3.40. The highest BCUT2D eigenvalue weighted by atomic mass is 19.3. The average Bonchev–Trinajstić information content (AvgIpc) is 3.06. The van der Waals surface area contributed by atoms with E-state index in [1.54, 1.807) is 6.08 Å². The lowest BCUT2D eigenvalue weighted by molar-refractivity contribution is -0.0792. The third-order valence-electron chi connectivity index (χ3n) is 5.74. The van der Waals surface area contributed by atoms with Gasteiger partial charge >= 0.3 is 0 Å². The number of halogens is 4. The minimum absolute atomic E-state index is 0.0889. The van der Waals surface area contributed by atoms with E-state index in [1.165, 1.54) is 17.0 Å². The maximum Gasteiger partial charge on any atom is 0.283 e. The third-order valence-corrected chi connectivity index (χ3v) is 5.74. The molecule has 1 aromatic heterocycles. The Labute approximate surface area is 180 Å². The van der Waals surface area contributed by atoms with E-state index in [-0.39, 0.29) is 18.0 Å². The summed E-state index contributed by atoms with van der Waals surface area (Å²) in [4.78, 5) is 4.52. The predicted octanol–water partition coefficient (Wildman–Crippen LogP) is 5.67. The lowest BCUT2D eigenvalue weighted by atomic mass is 9.89. The van der Waals surface area contributed by atoms with Crippen LogP contribution >= 0.6 is 0 Å². The van der Waals surface area contributed by atoms with Gasteiger partial charge in [0, 0.05) is 29.1 Å². The van der Waals surface area contributed by atoms with Crippen LogP contribution in [-0.2, 0) is 6.42 Å². The van der Waals surface area contributed by atoms with E-state index in [1.807, 2.05) is 32.9 Å². The summed E-state index contributed by atoms with van der Waals surface area (Å²) in [5, 5.41) is 9.08. The SMILES string of the molecule is C=Cc1c(/C=C\C)[nH]c2c1CCN(CC(F)(F)CO)C2c1c(F)cc(C(C)C)cc1F. The molecule has 1 atom stereocenters. The van der Waals surface area contributed by atoms with Crippen molar-refractivity contribution in [3.8, 4) is 0 Å². The van der Waals surface area contributed by atoms with Gasteiger partial charge in [-0.3, -0.25) is 4.90 Å². The van der Waals surface area contributed by atoms with E-state index in [4.69, 9.17) is 5.11 Å². The van der Waals surface area contributed by atoms with Crippen molar-refractivity contribution >= 4 is 12.2 Å². The zero-order valence-corrected chi connectivity index (χ0v) is 18.0. The number of hydrogen-bond donors (Lipinski definition) is 2. The molecule has 1 aliphatic rings. The molecule has 168 valence electrons. The molecule has 2 aromatic rings. The molecule has 2 heterocycles. The van der Waals surface area contributed by atoms with Gasteiger partial charge in [0.25, 0.3) is 5.92 Å². The van der Waals surface area contributed by atoms with Crippen LogP contribution in [0.15, 0.2) is 24.8 Å². The Hall–Kier alpha value is -2.38. The van der Waals surface area contributed by atoms with Gasteiger partial charge in [-0.1, -0.05) is 32.6 Å². The number of aliphatic hydroxyl groups excluding tert-OH is 1. The second kappa shape index (κ2) is 9.01. The van der Waals surface area contributed by atoms with Crippen LogP contribution in [0.4, 0.5) is 17.6 Å². The first-order chi connectivity index (χ1) is 14.6. The van der Waals surface area contributed by atoms with E-state index < -0.39 is 36.8 Å². The Bertz CT molecular complexity index is 971. The topological polar surface area (TPSA) is 39.3 Å². The lowest BCUT2D eigenvalue weighted by Crippen LogP contribution is -2.45. The first-order valence-corrected chi connectivity index (χ1v) is 10.3. The van der Waals surface area contributed by atoms with E-state index in [2.05, 4.69) is 11.6 Å². The van der Waals surface area contributed by atoms with E-state index in [0.29, 0.717) is 23.4 Å². The van der Waals surface area contributed by atoms with Crippen molar-refractivity contribution in [3.05, 3.63) is 70.1 Å². The number of fused-ring (bicyclic) bond motifs is 1. The smallest absolute Gasteiger partial charge is 0.283 e. The van der Waals surface area contributed by atoms with Crippen LogP contribution in [0.5, 0.6) is 0 Å². The number of benzene rings is 1. The lowest BCUT2D eigenvalue weighted by Gasteiger charge is -2.38. The number of allylic oxidation sites excluding steroid dienone is 1. The van der Waals surface area contributed by atoms with Crippen LogP contribution < -0.4 is 0 Å². The summed E-state index contributed by atoms with van der Waals surface area (Å²) in [6.45, 7) is 7.32. The molecule has 0 aliphatic carbocycles. The van der Waals surface area contributed by atoms with Gasteiger partial charge in [-0.05, 0) is 48.6 Å². The summed E-state index contributed by atoms with van der Waals surface area (Å²) in [5.74, 6) is -5.04. The molecule has 0 radical (unpaired) electrons. The molecule has 0 spiro atoms. The number of aromatic nitrogens is 1. The van der Waals surface area contributed by atoms with Crippen molar-refractivity contribution in [1.82, 2.24) is 9.88 Å². The highest BCUT2D eigenvalue weighted by molar-refractivity contribution is 5.68. The number of aliphatic hydroxyl groups is 1. The molecule has 31 heavy (non-hydrogen) atoms. The highest BCUT2D eigenvalue weighted by Gasteiger charge is 2.41. The molecule has 1 aromatic carbocycles. The maximum absolute atomic E-state index is 15.2. The fourth-order valence-corrected chi connectivity index (χ4v) is 4.24. The summed E-state index contributed by atoms with van der Waals surface area (Å²) in [6.07, 6.45) is 5.70. The van der Waals surface area contributed by atoms with Crippen molar-refractivity contribution in [1.29, 1.82) is 0 Å². The van der Waals surface area contributed by atoms with Gasteiger partial charge in [0.2, 0.25) is 0 Å². The standard InChI is InChI=1S/C24H28F4N2O/c1-5-7-20-16(6-2)17-8-9-30(12-24(27,28)13-31)23(22(17)29-20)21-18(25)10-15(14(3)4)11-19(21)26/h5-7,10-11,14,23,29,31H,2,8-9,12-13H2,1,3-4H3/b7-5-. The second-order valence-corrected chi connectivity index (χ2v) is 8.24. The Morgan fingerprint density at radius 2 is 1.94 bits per heavy atom. The summed E-state index contributed by atoms with van der Waals surface area (Å²) in [5.41, 5.74) is 3.01. The van der Waals surface area contributed by atoms with Crippen LogP contribution in [0, 0.1) is 11.6 Å². The number of aromatic amines is 1. The fourth-order valence-electron chi connectivity index (χ4n) is 4.24. The Morgan fingerprint density at radius 3 is 2.45 bits per heavy atom. The van der Waals surface area contributed by atoms with E-state index >= 15 is 8.78 Å². The number of rotatable bonds is 7. The highest BCUT2D eigenvalue weighted by Crippen LogP contribution is 2.41. The zero-order valence-electron chi connectivity index (χ0n) is 18.0. The second-order valence-electron chi connectivity index (χ2n) is 8.24. The number of H-pyrrole nitrogens is 1. The molecule has 3 nitrogen and oxygen atoms in total. The van der Waals surface area contributed by atoms with Gasteiger partial charge in [-0.2, -0.15) is 0 Å². The monoisotopic (exact) mass is 436 g/mol. The van der Waals surface area contributed by atoms with E-state index in [0.717, 1.165) is 11.1 Å². The summed E-state index contributed by atoms with van der Waals surface area (Å²) in [6, 6.07) is 1.45. The maximum atomic E-state index is 15.2. The summed E-state index contributed by atoms with van der Waals surface area (Å²) >= 11 is 0. The zero-order chi connectivity index (χ0) is 22.9. The third kappa shape index (κ3) is 4.48. The molecule has 0 fully saturated rings. The van der Waals surface area contributed by atoms with Gasteiger partial charge < -0.3 is 10.1 Å². The molecule has 2 N–H and O–H groups in total. The van der Waals surface area contributed by atoms with Crippen LogP contribution in [0.25, 0.3) is 12.2 Å². The predicted molar refractivity (Wildman–Crippen MR) is 115 cm³/mol. The molecule has 1 aliphatic heterocycles. The quantitative estimate of drug-likeness (QED) is 0.549. The van der Waals surface area contributed by atoms with Gasteiger partial charge in [0.15, 0.2) is 0 Å². The Balaban J connectivity index is 2.23. The molecule has 0 saturated heterocycles. The van der Waals surface area contributed by atoms with Crippen molar-refractivity contribution in [2.45, 2.75) is 45.1 Å². The fraction of sp³-hybridized carbons (Fsp3) is 0.417. The van der Waals surface area contributed by atoms with E-state index in [9.17, 15) is 8.78 Å². The van der Waals surface area contributed by atoms with Gasteiger partial charge in [-0.25, -0.2) is 17.6 Å². The normalized spacial score (nSPS) is 17.5. The minimum Gasteiger partial charge on any atom is -0.390 e. The average molecular weight is 436 g/mol. The number of nitrogens with one attached hydrogen (secondary N) is 1. The van der Waals surface area contributed by atoms with Crippen LogP contribution in [0.3, 0.4) is 0 Å². The Morgan fingerprint density at radius 1 is 1.29 bits per heavy atom. The van der Waals surface area contributed by atoms with Crippen molar-refractivity contribution in [2.75, 3.05) is 19.7 Å². The van der Waals surface area contributed by atoms with Crippen LogP contribution in [0.1, 0.15) is 66.4 Å². The Kier molecular flexibility index (Phi) is 6.76.